The van der Waals surface area contributed by atoms with E-state index in [1.807, 2.05) is 0 Å². The van der Waals surface area contributed by atoms with Crippen LogP contribution < -0.4 is 0 Å². The first-order valence-corrected chi connectivity index (χ1v) is 18.2. The average Bonchev–Trinajstić information content (AvgIpc) is 3.02. The molecule has 0 bridgehead atoms. The summed E-state index contributed by atoms with van der Waals surface area (Å²) in [6, 6.07) is 0. The van der Waals surface area contributed by atoms with Crippen molar-refractivity contribution >= 4 is 11.9 Å². The zero-order valence-corrected chi connectivity index (χ0v) is 28.7. The largest absolute Gasteiger partial charge is 0.462 e. The van der Waals surface area contributed by atoms with Crippen molar-refractivity contribution in [3.8, 4) is 0 Å². The number of hydrogen-bond acceptors (Lipinski definition) is 5. The molecule has 0 aliphatic rings. The molecule has 1 N–H and O–H groups in total. The molecule has 0 aromatic rings. The Morgan fingerprint density at radius 3 is 1.50 bits per heavy atom. The van der Waals surface area contributed by atoms with Crippen LogP contribution in [-0.2, 0) is 19.1 Å². The lowest BCUT2D eigenvalue weighted by atomic mass is 10.1. The monoisotopic (exact) mass is 617 g/mol. The molecule has 1 atom stereocenters. The highest BCUT2D eigenvalue weighted by Crippen LogP contribution is 2.12. The Kier molecular flexibility index (Phi) is 33.6. The van der Waals surface area contributed by atoms with E-state index < -0.39 is 6.10 Å². The molecule has 0 heterocycles. The molecule has 5 heteroatoms. The van der Waals surface area contributed by atoms with Gasteiger partial charge in [0.05, 0.1) is 6.61 Å². The van der Waals surface area contributed by atoms with Gasteiger partial charge in [0.1, 0.15) is 6.61 Å². The molecule has 0 aromatic carbocycles. The van der Waals surface area contributed by atoms with Crippen LogP contribution in [-0.4, -0.2) is 36.4 Å². The van der Waals surface area contributed by atoms with Crippen LogP contribution >= 0.6 is 0 Å². The number of ether oxygens (including phenoxy) is 2. The fraction of sp³-hybridized carbons (Fsp3) is 0.744. The zero-order valence-electron chi connectivity index (χ0n) is 28.7. The number of hydrogen-bond donors (Lipinski definition) is 1. The molecule has 0 rings (SSSR count). The summed E-state index contributed by atoms with van der Waals surface area (Å²) in [5.41, 5.74) is 0. The summed E-state index contributed by atoms with van der Waals surface area (Å²) in [7, 11) is 0. The van der Waals surface area contributed by atoms with E-state index in [9.17, 15) is 14.7 Å². The van der Waals surface area contributed by atoms with Gasteiger partial charge in [0.15, 0.2) is 6.10 Å². The molecule has 0 saturated carbocycles. The molecule has 0 aromatic heterocycles. The number of allylic oxidation sites excluding steroid dienone is 8. The van der Waals surface area contributed by atoms with Gasteiger partial charge >= 0.3 is 11.9 Å². The normalized spacial score (nSPS) is 12.7. The van der Waals surface area contributed by atoms with Crippen molar-refractivity contribution in [1.29, 1.82) is 0 Å². The molecule has 0 saturated heterocycles. The van der Waals surface area contributed by atoms with Crippen LogP contribution in [0.4, 0.5) is 0 Å². The van der Waals surface area contributed by atoms with Crippen molar-refractivity contribution in [2.75, 3.05) is 13.2 Å². The highest BCUT2D eigenvalue weighted by atomic mass is 16.6. The maximum atomic E-state index is 12.1. The number of unbranched alkanes of at least 4 members (excludes halogenated alkanes) is 16. The third-order valence-electron chi connectivity index (χ3n) is 7.61. The van der Waals surface area contributed by atoms with E-state index in [0.29, 0.717) is 12.8 Å². The van der Waals surface area contributed by atoms with Crippen LogP contribution in [0, 0.1) is 0 Å². The number of carbonyl (C=O) groups excluding carboxylic acids is 2. The van der Waals surface area contributed by atoms with Crippen LogP contribution in [0.3, 0.4) is 0 Å². The summed E-state index contributed by atoms with van der Waals surface area (Å²) in [5.74, 6) is -0.623. The van der Waals surface area contributed by atoms with Crippen LogP contribution in [0.2, 0.25) is 0 Å². The lowest BCUT2D eigenvalue weighted by Gasteiger charge is -2.15. The number of rotatable bonds is 32. The summed E-state index contributed by atoms with van der Waals surface area (Å²) in [6.45, 7) is 3.98. The first-order chi connectivity index (χ1) is 21.6. The van der Waals surface area contributed by atoms with E-state index in [0.717, 1.165) is 77.0 Å². The summed E-state index contributed by atoms with van der Waals surface area (Å²) >= 11 is 0. The van der Waals surface area contributed by atoms with Crippen molar-refractivity contribution in [1.82, 2.24) is 0 Å². The Balaban J connectivity index is 3.62. The Labute approximate surface area is 271 Å². The smallest absolute Gasteiger partial charge is 0.306 e. The van der Waals surface area contributed by atoms with Crippen LogP contribution in [0.15, 0.2) is 48.6 Å². The van der Waals surface area contributed by atoms with E-state index in [1.165, 1.54) is 64.2 Å². The van der Waals surface area contributed by atoms with Crippen molar-refractivity contribution < 1.29 is 24.2 Å². The van der Waals surface area contributed by atoms with E-state index in [1.54, 1.807) is 0 Å². The van der Waals surface area contributed by atoms with Crippen molar-refractivity contribution in [3.63, 3.8) is 0 Å². The minimum absolute atomic E-state index is 0.0780. The van der Waals surface area contributed by atoms with Crippen LogP contribution in [0.25, 0.3) is 0 Å². The van der Waals surface area contributed by atoms with E-state index in [4.69, 9.17) is 9.47 Å². The van der Waals surface area contributed by atoms with Gasteiger partial charge in [-0.25, -0.2) is 0 Å². The first kappa shape index (κ1) is 41.9. The predicted octanol–water partition coefficient (Wildman–Crippen LogP) is 11.1. The molecule has 0 amide bonds. The van der Waals surface area contributed by atoms with Crippen molar-refractivity contribution in [3.05, 3.63) is 48.6 Å². The SMILES string of the molecule is CCC=CCC=CCC=CCCCCCCCC(=O)O[C@@H](CO)COC(=O)CCCCCCCC=CCCCCCCCC. The van der Waals surface area contributed by atoms with Gasteiger partial charge in [-0.05, 0) is 70.6 Å². The summed E-state index contributed by atoms with van der Waals surface area (Å²) in [5, 5.41) is 9.52. The topological polar surface area (TPSA) is 72.8 Å². The van der Waals surface area contributed by atoms with E-state index >= 15 is 0 Å². The summed E-state index contributed by atoms with van der Waals surface area (Å²) < 4.78 is 10.6. The highest BCUT2D eigenvalue weighted by molar-refractivity contribution is 5.70. The number of carbonyl (C=O) groups is 2. The second-order valence-corrected chi connectivity index (χ2v) is 11.9. The molecular weight excluding hydrogens is 548 g/mol. The zero-order chi connectivity index (χ0) is 32.2. The molecular formula is C39H68O5. The number of esters is 2. The van der Waals surface area contributed by atoms with E-state index in [-0.39, 0.29) is 25.2 Å². The lowest BCUT2D eigenvalue weighted by molar-refractivity contribution is -0.161. The van der Waals surface area contributed by atoms with Gasteiger partial charge < -0.3 is 14.6 Å². The highest BCUT2D eigenvalue weighted by Gasteiger charge is 2.16. The molecule has 0 fully saturated rings. The minimum Gasteiger partial charge on any atom is -0.462 e. The van der Waals surface area contributed by atoms with Gasteiger partial charge in [-0.15, -0.1) is 0 Å². The molecule has 44 heavy (non-hydrogen) atoms. The van der Waals surface area contributed by atoms with E-state index in [2.05, 4.69) is 62.5 Å². The summed E-state index contributed by atoms with van der Waals surface area (Å²) in [4.78, 5) is 24.2. The third-order valence-corrected chi connectivity index (χ3v) is 7.61. The Bertz CT molecular complexity index is 752. The average molecular weight is 617 g/mol. The van der Waals surface area contributed by atoms with Gasteiger partial charge in [0, 0.05) is 12.8 Å². The van der Waals surface area contributed by atoms with Crippen LogP contribution in [0.5, 0.6) is 0 Å². The maximum Gasteiger partial charge on any atom is 0.306 e. The molecule has 254 valence electrons. The molecule has 5 nitrogen and oxygen atoms in total. The van der Waals surface area contributed by atoms with Gasteiger partial charge in [-0.2, -0.15) is 0 Å². The van der Waals surface area contributed by atoms with Crippen LogP contribution in [0.1, 0.15) is 168 Å². The standard InChI is InChI=1S/C39H68O5/c1-3-5-7-9-11-13-15-17-19-21-23-25-27-29-31-33-38(41)43-36-37(35-40)44-39(42)34-32-30-28-26-24-22-20-18-16-14-12-10-8-6-4-2/h6,8,12,14,17-20,37,40H,3-5,7,9-11,13,15-16,21-36H2,1-2H3/t37-/m0/s1. The molecule has 0 aliphatic heterocycles. The Hall–Kier alpha value is -2.14. The second-order valence-electron chi connectivity index (χ2n) is 11.9. The van der Waals surface area contributed by atoms with Gasteiger partial charge in [-0.3, -0.25) is 9.59 Å². The molecule has 0 unspecified atom stereocenters. The third kappa shape index (κ3) is 32.8. The lowest BCUT2D eigenvalue weighted by Crippen LogP contribution is -2.28. The maximum absolute atomic E-state index is 12.1. The fourth-order valence-corrected chi connectivity index (χ4v) is 4.86. The Morgan fingerprint density at radius 1 is 0.545 bits per heavy atom. The minimum atomic E-state index is -0.782. The van der Waals surface area contributed by atoms with Gasteiger partial charge in [0.2, 0.25) is 0 Å². The van der Waals surface area contributed by atoms with Gasteiger partial charge in [0.25, 0.3) is 0 Å². The molecule has 0 spiro atoms. The predicted molar refractivity (Wildman–Crippen MR) is 187 cm³/mol. The van der Waals surface area contributed by atoms with Gasteiger partial charge in [-0.1, -0.05) is 133 Å². The summed E-state index contributed by atoms with van der Waals surface area (Å²) in [6.07, 6.45) is 43.1. The number of aliphatic hydroxyl groups excluding tert-OH is 1. The fourth-order valence-electron chi connectivity index (χ4n) is 4.86. The number of aliphatic hydroxyl groups is 1. The molecule has 0 radical (unpaired) electrons. The molecule has 0 aliphatic carbocycles. The van der Waals surface area contributed by atoms with Crippen molar-refractivity contribution in [2.24, 2.45) is 0 Å². The second kappa shape index (κ2) is 35.3. The van der Waals surface area contributed by atoms with Crippen molar-refractivity contribution in [2.45, 2.75) is 174 Å². The quantitative estimate of drug-likeness (QED) is 0.0462. The Morgan fingerprint density at radius 2 is 0.977 bits per heavy atom. The first-order valence-electron chi connectivity index (χ1n) is 18.2.